The Morgan fingerprint density at radius 1 is 1.07 bits per heavy atom. The molecule has 0 aliphatic rings. The quantitative estimate of drug-likeness (QED) is 0.544. The molecule has 3 aromatic rings. The maximum atomic E-state index is 12.7. The molecular formula is C24H30N2O3. The van der Waals surface area contributed by atoms with E-state index in [0.717, 1.165) is 28.5 Å². The van der Waals surface area contributed by atoms with Crippen molar-refractivity contribution in [2.45, 2.75) is 32.6 Å². The van der Waals surface area contributed by atoms with Crippen molar-refractivity contribution in [3.8, 4) is 11.5 Å². The van der Waals surface area contributed by atoms with Crippen molar-refractivity contribution in [3.05, 3.63) is 59.8 Å². The van der Waals surface area contributed by atoms with Crippen molar-refractivity contribution in [1.82, 2.24) is 10.3 Å². The number of benzene rings is 2. The summed E-state index contributed by atoms with van der Waals surface area (Å²) in [7, 11) is 3.25. The Labute approximate surface area is 172 Å². The fourth-order valence-electron chi connectivity index (χ4n) is 3.62. The van der Waals surface area contributed by atoms with E-state index >= 15 is 0 Å². The summed E-state index contributed by atoms with van der Waals surface area (Å²) in [6.45, 7) is 5.01. The van der Waals surface area contributed by atoms with Crippen LogP contribution >= 0.6 is 0 Å². The highest BCUT2D eigenvalue weighted by Gasteiger charge is 2.22. The van der Waals surface area contributed by atoms with Gasteiger partial charge < -0.3 is 19.8 Å². The summed E-state index contributed by atoms with van der Waals surface area (Å²) in [5.41, 5.74) is 3.19. The molecule has 5 nitrogen and oxygen atoms in total. The lowest BCUT2D eigenvalue weighted by Gasteiger charge is -2.19. The Balaban J connectivity index is 1.95. The average molecular weight is 395 g/mol. The van der Waals surface area contributed by atoms with Gasteiger partial charge in [0.15, 0.2) is 11.5 Å². The first-order valence-corrected chi connectivity index (χ1v) is 10.1. The average Bonchev–Trinajstić information content (AvgIpc) is 3.15. The maximum Gasteiger partial charge on any atom is 0.220 e. The van der Waals surface area contributed by atoms with E-state index < -0.39 is 0 Å². The Kier molecular flexibility index (Phi) is 6.81. The van der Waals surface area contributed by atoms with Crippen LogP contribution in [0.2, 0.25) is 0 Å². The predicted molar refractivity (Wildman–Crippen MR) is 117 cm³/mol. The van der Waals surface area contributed by atoms with Crippen LogP contribution in [-0.4, -0.2) is 31.7 Å². The summed E-state index contributed by atoms with van der Waals surface area (Å²) < 4.78 is 10.9. The molecule has 0 aliphatic carbocycles. The lowest BCUT2D eigenvalue weighted by Crippen LogP contribution is -2.27. The van der Waals surface area contributed by atoms with Crippen LogP contribution in [0.15, 0.2) is 48.7 Å². The third-order valence-electron chi connectivity index (χ3n) is 5.24. The smallest absolute Gasteiger partial charge is 0.220 e. The minimum Gasteiger partial charge on any atom is -0.493 e. The third kappa shape index (κ3) is 4.91. The molecule has 5 heteroatoms. The molecule has 3 rings (SSSR count). The molecule has 0 saturated heterocycles. The number of H-pyrrole nitrogens is 1. The van der Waals surface area contributed by atoms with Crippen molar-refractivity contribution in [1.29, 1.82) is 0 Å². The third-order valence-corrected chi connectivity index (χ3v) is 5.24. The summed E-state index contributed by atoms with van der Waals surface area (Å²) in [6.07, 6.45) is 3.35. The number of para-hydroxylation sites is 1. The predicted octanol–water partition coefficient (Wildman–Crippen LogP) is 4.87. The SMILES string of the molecule is COc1ccc(C(CC(=O)NCCC(C)C)c2c[nH]c3ccccc23)cc1OC. The molecule has 29 heavy (non-hydrogen) atoms. The zero-order chi connectivity index (χ0) is 20.8. The monoisotopic (exact) mass is 394 g/mol. The lowest BCUT2D eigenvalue weighted by molar-refractivity contribution is -0.121. The first-order chi connectivity index (χ1) is 14.0. The van der Waals surface area contributed by atoms with Gasteiger partial charge in [0.05, 0.1) is 14.2 Å². The normalized spacial score (nSPS) is 12.2. The number of aromatic amines is 1. The highest BCUT2D eigenvalue weighted by atomic mass is 16.5. The number of fused-ring (bicyclic) bond motifs is 1. The molecule has 0 radical (unpaired) electrons. The number of carbonyl (C=O) groups is 1. The van der Waals surface area contributed by atoms with E-state index in [1.807, 2.05) is 42.6 Å². The Morgan fingerprint density at radius 2 is 1.83 bits per heavy atom. The summed E-state index contributed by atoms with van der Waals surface area (Å²) in [5.74, 6) is 1.86. The zero-order valence-corrected chi connectivity index (χ0v) is 17.6. The number of nitrogens with one attached hydrogen (secondary N) is 2. The molecule has 2 aromatic carbocycles. The van der Waals surface area contributed by atoms with Gasteiger partial charge in [0.25, 0.3) is 0 Å². The molecule has 1 atom stereocenters. The fraction of sp³-hybridized carbons (Fsp3) is 0.375. The highest BCUT2D eigenvalue weighted by molar-refractivity contribution is 5.86. The Hall–Kier alpha value is -2.95. The van der Waals surface area contributed by atoms with Crippen LogP contribution in [0.3, 0.4) is 0 Å². The number of carbonyl (C=O) groups excluding carboxylic acids is 1. The van der Waals surface area contributed by atoms with E-state index in [1.54, 1.807) is 14.2 Å². The van der Waals surface area contributed by atoms with Gasteiger partial charge in [0.1, 0.15) is 0 Å². The summed E-state index contributed by atoms with van der Waals surface area (Å²) in [4.78, 5) is 16.1. The number of rotatable bonds is 9. The van der Waals surface area contributed by atoms with Crippen LogP contribution in [-0.2, 0) is 4.79 Å². The van der Waals surface area contributed by atoms with Crippen molar-refractivity contribution >= 4 is 16.8 Å². The second kappa shape index (κ2) is 9.50. The molecule has 2 N–H and O–H groups in total. The van der Waals surface area contributed by atoms with E-state index in [1.165, 1.54) is 0 Å². The van der Waals surface area contributed by atoms with Gasteiger partial charge >= 0.3 is 0 Å². The number of amides is 1. The van der Waals surface area contributed by atoms with Crippen LogP contribution in [0.25, 0.3) is 10.9 Å². The molecule has 0 fully saturated rings. The molecule has 154 valence electrons. The number of hydrogen-bond donors (Lipinski definition) is 2. The summed E-state index contributed by atoms with van der Waals surface area (Å²) in [5, 5.41) is 4.20. The maximum absolute atomic E-state index is 12.7. The van der Waals surface area contributed by atoms with Crippen LogP contribution < -0.4 is 14.8 Å². The van der Waals surface area contributed by atoms with E-state index in [0.29, 0.717) is 30.4 Å². The number of ether oxygens (including phenoxy) is 2. The van der Waals surface area contributed by atoms with Crippen molar-refractivity contribution in [2.75, 3.05) is 20.8 Å². The highest BCUT2D eigenvalue weighted by Crippen LogP contribution is 2.37. The minimum absolute atomic E-state index is 0.0516. The Bertz CT molecular complexity index is 962. The number of methoxy groups -OCH3 is 2. The molecule has 0 saturated carbocycles. The molecule has 1 unspecified atom stereocenters. The van der Waals surface area contributed by atoms with Crippen LogP contribution in [0.1, 0.15) is 43.7 Å². The van der Waals surface area contributed by atoms with Gasteiger partial charge in [-0.05, 0) is 41.7 Å². The van der Waals surface area contributed by atoms with Crippen molar-refractivity contribution < 1.29 is 14.3 Å². The van der Waals surface area contributed by atoms with Gasteiger partial charge in [-0.25, -0.2) is 0 Å². The zero-order valence-electron chi connectivity index (χ0n) is 17.6. The second-order valence-corrected chi connectivity index (χ2v) is 7.69. The second-order valence-electron chi connectivity index (χ2n) is 7.69. The molecule has 0 spiro atoms. The van der Waals surface area contributed by atoms with Crippen LogP contribution in [0.4, 0.5) is 0 Å². The largest absolute Gasteiger partial charge is 0.493 e. The molecular weight excluding hydrogens is 364 g/mol. The Morgan fingerprint density at radius 3 is 2.55 bits per heavy atom. The van der Waals surface area contributed by atoms with Crippen LogP contribution in [0, 0.1) is 5.92 Å². The lowest BCUT2D eigenvalue weighted by atomic mass is 9.87. The van der Waals surface area contributed by atoms with E-state index in [-0.39, 0.29) is 11.8 Å². The van der Waals surface area contributed by atoms with Gasteiger partial charge in [-0.1, -0.05) is 38.1 Å². The standard InChI is InChI=1S/C24H30N2O3/c1-16(2)11-12-25-24(27)14-19(17-9-10-22(28-3)23(13-17)29-4)20-15-26-21-8-6-5-7-18(20)21/h5-10,13,15-16,19,26H,11-12,14H2,1-4H3,(H,25,27). The van der Waals surface area contributed by atoms with E-state index in [4.69, 9.17) is 9.47 Å². The summed E-state index contributed by atoms with van der Waals surface area (Å²) >= 11 is 0. The molecule has 0 aliphatic heterocycles. The first-order valence-electron chi connectivity index (χ1n) is 10.1. The first kappa shape index (κ1) is 20.8. The van der Waals surface area contributed by atoms with Gasteiger partial charge in [-0.15, -0.1) is 0 Å². The summed E-state index contributed by atoms with van der Waals surface area (Å²) in [6, 6.07) is 14.0. The van der Waals surface area contributed by atoms with Crippen molar-refractivity contribution in [3.63, 3.8) is 0 Å². The van der Waals surface area contributed by atoms with E-state index in [2.05, 4.69) is 30.2 Å². The number of hydrogen-bond acceptors (Lipinski definition) is 3. The van der Waals surface area contributed by atoms with Gasteiger partial charge in [-0.2, -0.15) is 0 Å². The van der Waals surface area contributed by atoms with E-state index in [9.17, 15) is 4.79 Å². The topological polar surface area (TPSA) is 63.3 Å². The molecule has 1 aromatic heterocycles. The van der Waals surface area contributed by atoms with Gasteiger partial charge in [0.2, 0.25) is 5.91 Å². The van der Waals surface area contributed by atoms with Crippen LogP contribution in [0.5, 0.6) is 11.5 Å². The number of aromatic nitrogens is 1. The van der Waals surface area contributed by atoms with Gasteiger partial charge in [0, 0.05) is 36.0 Å². The molecule has 0 bridgehead atoms. The van der Waals surface area contributed by atoms with Gasteiger partial charge in [-0.3, -0.25) is 4.79 Å². The molecule has 1 amide bonds. The molecule has 1 heterocycles. The van der Waals surface area contributed by atoms with Crippen molar-refractivity contribution in [2.24, 2.45) is 5.92 Å². The minimum atomic E-state index is -0.0926. The fourth-order valence-corrected chi connectivity index (χ4v) is 3.62.